The maximum absolute atomic E-state index is 8.97. The molecule has 0 saturated heterocycles. The van der Waals surface area contributed by atoms with E-state index in [-0.39, 0.29) is 0 Å². The quantitative estimate of drug-likeness (QED) is 0.128. The highest BCUT2D eigenvalue weighted by Crippen LogP contribution is 2.18. The lowest BCUT2D eigenvalue weighted by molar-refractivity contribution is 0.303. The highest BCUT2D eigenvalue weighted by molar-refractivity contribution is 5.36. The van der Waals surface area contributed by atoms with Crippen LogP contribution in [0.2, 0.25) is 0 Å². The van der Waals surface area contributed by atoms with E-state index in [0.717, 1.165) is 48.8 Å². The lowest BCUT2D eigenvalue weighted by Crippen LogP contribution is -2.18. The zero-order chi connectivity index (χ0) is 32.1. The molecule has 0 bridgehead atoms. The van der Waals surface area contributed by atoms with Crippen LogP contribution in [0.25, 0.3) is 0 Å². The van der Waals surface area contributed by atoms with Gasteiger partial charge >= 0.3 is 0 Å². The normalized spacial score (nSPS) is 10.8. The SMILES string of the molecule is CN(Cc1ccc(CN(C)Cc2cccc(COc3ccc(C#N)cc3)c2)cc1)Cc1cccc(COc2ccc(C#N)cc2)c1. The molecule has 0 fully saturated rings. The van der Waals surface area contributed by atoms with Crippen LogP contribution in [0.1, 0.15) is 44.5 Å². The first kappa shape index (κ1) is 32.0. The molecular weight excluding hydrogens is 568 g/mol. The van der Waals surface area contributed by atoms with E-state index in [1.54, 1.807) is 24.3 Å². The molecule has 6 nitrogen and oxygen atoms in total. The van der Waals surface area contributed by atoms with Gasteiger partial charge in [0, 0.05) is 26.2 Å². The van der Waals surface area contributed by atoms with Crippen molar-refractivity contribution in [2.24, 2.45) is 0 Å². The molecule has 0 atom stereocenters. The van der Waals surface area contributed by atoms with Crippen LogP contribution in [0.3, 0.4) is 0 Å². The van der Waals surface area contributed by atoms with Gasteiger partial charge in [-0.15, -0.1) is 0 Å². The Balaban J connectivity index is 1.06. The molecule has 0 radical (unpaired) electrons. The van der Waals surface area contributed by atoms with Crippen molar-refractivity contribution in [3.63, 3.8) is 0 Å². The molecule has 0 heterocycles. The van der Waals surface area contributed by atoms with Crippen molar-refractivity contribution in [2.45, 2.75) is 39.4 Å². The zero-order valence-electron chi connectivity index (χ0n) is 26.4. The van der Waals surface area contributed by atoms with Gasteiger partial charge in [0.05, 0.1) is 23.3 Å². The van der Waals surface area contributed by atoms with Crippen molar-refractivity contribution in [1.29, 1.82) is 10.5 Å². The highest BCUT2D eigenvalue weighted by atomic mass is 16.5. The molecule has 0 saturated carbocycles. The fourth-order valence-electron chi connectivity index (χ4n) is 5.33. The highest BCUT2D eigenvalue weighted by Gasteiger charge is 2.07. The largest absolute Gasteiger partial charge is 0.489 e. The summed E-state index contributed by atoms with van der Waals surface area (Å²) in [6.45, 7) is 4.37. The Bertz CT molecular complexity index is 1650. The Morgan fingerprint density at radius 3 is 1.17 bits per heavy atom. The molecule has 5 rings (SSSR count). The van der Waals surface area contributed by atoms with E-state index < -0.39 is 0 Å². The molecule has 5 aromatic rings. The topological polar surface area (TPSA) is 72.5 Å². The zero-order valence-corrected chi connectivity index (χ0v) is 26.4. The fraction of sp³-hybridized carbons (Fsp3) is 0.200. The molecule has 0 amide bonds. The second-order valence-electron chi connectivity index (χ2n) is 11.7. The first-order valence-corrected chi connectivity index (χ1v) is 15.3. The van der Waals surface area contributed by atoms with Gasteiger partial charge in [0.25, 0.3) is 0 Å². The third kappa shape index (κ3) is 9.81. The maximum Gasteiger partial charge on any atom is 0.119 e. The van der Waals surface area contributed by atoms with Crippen LogP contribution in [-0.4, -0.2) is 23.9 Å². The molecule has 5 aromatic carbocycles. The first-order chi connectivity index (χ1) is 22.4. The number of nitrogens with zero attached hydrogens (tertiary/aromatic N) is 4. The number of rotatable bonds is 14. The minimum absolute atomic E-state index is 0.485. The van der Waals surface area contributed by atoms with E-state index in [0.29, 0.717) is 24.3 Å². The minimum Gasteiger partial charge on any atom is -0.489 e. The van der Waals surface area contributed by atoms with Gasteiger partial charge in [-0.25, -0.2) is 0 Å². The van der Waals surface area contributed by atoms with Crippen molar-refractivity contribution in [2.75, 3.05) is 14.1 Å². The van der Waals surface area contributed by atoms with Gasteiger partial charge in [-0.2, -0.15) is 10.5 Å². The van der Waals surface area contributed by atoms with Crippen molar-refractivity contribution in [1.82, 2.24) is 9.80 Å². The maximum atomic E-state index is 8.97. The van der Waals surface area contributed by atoms with Gasteiger partial charge in [-0.1, -0.05) is 72.8 Å². The van der Waals surface area contributed by atoms with E-state index >= 15 is 0 Å². The molecule has 6 heteroatoms. The average molecular weight is 607 g/mol. The molecule has 46 heavy (non-hydrogen) atoms. The Kier molecular flexibility index (Phi) is 11.2. The van der Waals surface area contributed by atoms with E-state index in [1.165, 1.54) is 22.3 Å². The first-order valence-electron chi connectivity index (χ1n) is 15.3. The van der Waals surface area contributed by atoms with Crippen LogP contribution < -0.4 is 9.47 Å². The standard InChI is InChI=1S/C40H38N4O2/c1-43(27-35-5-3-7-37(21-35)29-45-39-17-13-31(23-41)14-18-39)25-33-9-11-34(12-10-33)26-44(2)28-36-6-4-8-38(22-36)30-46-40-19-15-32(24-42)16-20-40/h3-22H,25-30H2,1-2H3. The van der Waals surface area contributed by atoms with Gasteiger partial charge in [0.15, 0.2) is 0 Å². The van der Waals surface area contributed by atoms with Crippen molar-refractivity contribution in [3.8, 4) is 23.6 Å². The third-order valence-electron chi connectivity index (χ3n) is 7.59. The predicted octanol–water partition coefficient (Wildman–Crippen LogP) is 7.85. The summed E-state index contributed by atoms with van der Waals surface area (Å²) in [6, 6.07) is 44.5. The monoisotopic (exact) mass is 606 g/mol. The third-order valence-corrected chi connectivity index (χ3v) is 7.59. The summed E-state index contributed by atoms with van der Waals surface area (Å²) in [6.07, 6.45) is 0. The summed E-state index contributed by atoms with van der Waals surface area (Å²) in [5.41, 5.74) is 8.54. The van der Waals surface area contributed by atoms with Crippen molar-refractivity contribution in [3.05, 3.63) is 166 Å². The van der Waals surface area contributed by atoms with Gasteiger partial charge in [-0.3, -0.25) is 9.80 Å². The smallest absolute Gasteiger partial charge is 0.119 e. The lowest BCUT2D eigenvalue weighted by atomic mass is 10.1. The second-order valence-corrected chi connectivity index (χ2v) is 11.7. The van der Waals surface area contributed by atoms with Gasteiger partial charge in [-0.05, 0) is 96.0 Å². The summed E-state index contributed by atoms with van der Waals surface area (Å²) in [7, 11) is 4.29. The van der Waals surface area contributed by atoms with Crippen LogP contribution in [0.5, 0.6) is 11.5 Å². The average Bonchev–Trinajstić information content (AvgIpc) is 3.08. The molecule has 0 aliphatic rings. The number of hydrogen-bond donors (Lipinski definition) is 0. The second kappa shape index (κ2) is 16.1. The minimum atomic E-state index is 0.485. The Morgan fingerprint density at radius 2 is 0.804 bits per heavy atom. The van der Waals surface area contributed by atoms with Crippen molar-refractivity contribution < 1.29 is 9.47 Å². The number of ether oxygens (including phenoxy) is 2. The molecule has 0 N–H and O–H groups in total. The molecule has 0 spiro atoms. The number of benzene rings is 5. The lowest BCUT2D eigenvalue weighted by Gasteiger charge is -2.19. The van der Waals surface area contributed by atoms with Crippen LogP contribution in [-0.2, 0) is 39.4 Å². The summed E-state index contributed by atoms with van der Waals surface area (Å²) in [5.74, 6) is 1.51. The summed E-state index contributed by atoms with van der Waals surface area (Å²) >= 11 is 0. The molecule has 0 aliphatic carbocycles. The summed E-state index contributed by atoms with van der Waals surface area (Å²) in [5, 5.41) is 17.9. The molecule has 0 aromatic heterocycles. The van der Waals surface area contributed by atoms with Crippen LogP contribution in [0.15, 0.2) is 121 Å². The molecule has 0 aliphatic heterocycles. The van der Waals surface area contributed by atoms with Gasteiger partial charge in [0.2, 0.25) is 0 Å². The summed E-state index contributed by atoms with van der Waals surface area (Å²) in [4.78, 5) is 4.64. The fourth-order valence-corrected chi connectivity index (χ4v) is 5.33. The Hall–Kier alpha value is -5.40. The predicted molar refractivity (Wildman–Crippen MR) is 181 cm³/mol. The van der Waals surface area contributed by atoms with Crippen LogP contribution >= 0.6 is 0 Å². The van der Waals surface area contributed by atoms with Crippen molar-refractivity contribution >= 4 is 0 Å². The Morgan fingerprint density at radius 1 is 0.457 bits per heavy atom. The number of hydrogen-bond acceptors (Lipinski definition) is 6. The van der Waals surface area contributed by atoms with Crippen LogP contribution in [0, 0.1) is 22.7 Å². The summed E-state index contributed by atoms with van der Waals surface area (Å²) < 4.78 is 11.8. The van der Waals surface area contributed by atoms with Crippen LogP contribution in [0.4, 0.5) is 0 Å². The Labute approximate surface area is 272 Å². The van der Waals surface area contributed by atoms with Gasteiger partial charge < -0.3 is 9.47 Å². The van der Waals surface area contributed by atoms with E-state index in [1.807, 2.05) is 24.3 Å². The molecule has 0 unspecified atom stereocenters. The van der Waals surface area contributed by atoms with Gasteiger partial charge in [0.1, 0.15) is 24.7 Å². The molecule has 230 valence electrons. The van der Waals surface area contributed by atoms with E-state index in [4.69, 9.17) is 20.0 Å². The molecular formula is C40H38N4O2. The van der Waals surface area contributed by atoms with E-state index in [9.17, 15) is 0 Å². The number of nitriles is 2. The van der Waals surface area contributed by atoms with E-state index in [2.05, 4.69) is 109 Å².